The van der Waals surface area contributed by atoms with Crippen molar-refractivity contribution in [3.05, 3.63) is 40.3 Å². The first-order valence-electron chi connectivity index (χ1n) is 7.04. The maximum atomic E-state index is 12.4. The van der Waals surface area contributed by atoms with Gasteiger partial charge in [-0.3, -0.25) is 0 Å². The van der Waals surface area contributed by atoms with Crippen LogP contribution < -0.4 is 0 Å². The summed E-state index contributed by atoms with van der Waals surface area (Å²) in [6.07, 6.45) is 3.37. The molecule has 0 radical (unpaired) electrons. The van der Waals surface area contributed by atoms with Crippen molar-refractivity contribution in [3.63, 3.8) is 0 Å². The third-order valence-electron chi connectivity index (χ3n) is 3.68. The van der Waals surface area contributed by atoms with Crippen LogP contribution in [-0.2, 0) is 10.0 Å². The molecule has 1 heterocycles. The molecular weight excluding hydrogens is 310 g/mol. The summed E-state index contributed by atoms with van der Waals surface area (Å²) in [5.74, 6) is 0. The van der Waals surface area contributed by atoms with E-state index in [1.807, 2.05) is 0 Å². The highest BCUT2D eigenvalue weighted by atomic mass is 35.5. The molecule has 1 aliphatic rings. The Kier molecular flexibility index (Phi) is 5.43. The van der Waals surface area contributed by atoms with Gasteiger partial charge in [0.05, 0.1) is 12.1 Å². The van der Waals surface area contributed by atoms with Crippen LogP contribution in [0.2, 0.25) is 5.02 Å². The lowest BCUT2D eigenvalue weighted by Gasteiger charge is -2.35. The van der Waals surface area contributed by atoms with Crippen molar-refractivity contribution in [1.29, 1.82) is 0 Å². The number of hydrogen-bond donors (Lipinski definition) is 1. The Balaban J connectivity index is 2.18. The molecule has 1 aromatic rings. The molecule has 0 aliphatic carbocycles. The van der Waals surface area contributed by atoms with Crippen LogP contribution in [0.4, 0.5) is 0 Å². The van der Waals surface area contributed by atoms with E-state index in [1.165, 1.54) is 9.71 Å². The summed E-state index contributed by atoms with van der Waals surface area (Å²) in [7, 11) is -3.53. The predicted molar refractivity (Wildman–Crippen MR) is 85.4 cm³/mol. The second-order valence-electron chi connectivity index (χ2n) is 5.31. The molecule has 0 saturated carbocycles. The lowest BCUT2D eigenvalue weighted by atomic mass is 10.0. The van der Waals surface area contributed by atoms with Gasteiger partial charge in [0, 0.05) is 17.0 Å². The number of hydrogen-bond acceptors (Lipinski definition) is 3. The van der Waals surface area contributed by atoms with Gasteiger partial charge in [-0.25, -0.2) is 8.42 Å². The molecule has 1 fully saturated rings. The minimum absolute atomic E-state index is 0.335. The van der Waals surface area contributed by atoms with Crippen molar-refractivity contribution in [3.8, 4) is 0 Å². The van der Waals surface area contributed by atoms with Crippen LogP contribution in [0.1, 0.15) is 31.7 Å². The summed E-state index contributed by atoms with van der Waals surface area (Å²) in [5.41, 5.74) is 0.772. The Hall–Kier alpha value is -0.880. The van der Waals surface area contributed by atoms with Gasteiger partial charge in [-0.1, -0.05) is 30.2 Å². The van der Waals surface area contributed by atoms with E-state index in [0.29, 0.717) is 18.0 Å². The molecule has 4 nitrogen and oxygen atoms in total. The fourth-order valence-corrected chi connectivity index (χ4v) is 4.20. The molecular formula is C15H20ClNO3S. The summed E-state index contributed by atoms with van der Waals surface area (Å²) in [4.78, 5) is 0. The fraction of sp³-hybridized carbons (Fsp3) is 0.467. The first-order chi connectivity index (χ1) is 9.90. The quantitative estimate of drug-likeness (QED) is 0.924. The second-order valence-corrected chi connectivity index (χ2v) is 7.52. The molecule has 1 aliphatic heterocycles. The van der Waals surface area contributed by atoms with Crippen molar-refractivity contribution in [1.82, 2.24) is 4.31 Å². The van der Waals surface area contributed by atoms with Gasteiger partial charge >= 0.3 is 0 Å². The van der Waals surface area contributed by atoms with Crippen LogP contribution in [0.15, 0.2) is 29.7 Å². The largest absolute Gasteiger partial charge is 0.392 e. The highest BCUT2D eigenvalue weighted by molar-refractivity contribution is 7.92. The Morgan fingerprint density at radius 1 is 1.33 bits per heavy atom. The zero-order valence-corrected chi connectivity index (χ0v) is 13.5. The van der Waals surface area contributed by atoms with Crippen molar-refractivity contribution >= 4 is 27.7 Å². The standard InChI is InChI=1S/C15H20ClNO3S/c1-12(18)15-4-2-3-10-17(15)21(19,20)11-9-13-5-7-14(16)8-6-13/h5-9,11-12,15,18H,2-4,10H2,1H3/b11-9+. The van der Waals surface area contributed by atoms with Crippen LogP contribution in [-0.4, -0.2) is 36.5 Å². The molecule has 0 bridgehead atoms. The maximum Gasteiger partial charge on any atom is 0.236 e. The molecule has 0 spiro atoms. The van der Waals surface area contributed by atoms with Crippen molar-refractivity contribution in [2.24, 2.45) is 0 Å². The molecule has 1 N–H and O–H groups in total. The molecule has 2 rings (SSSR count). The number of rotatable bonds is 4. The summed E-state index contributed by atoms with van der Waals surface area (Å²) >= 11 is 5.80. The van der Waals surface area contributed by atoms with E-state index in [2.05, 4.69) is 0 Å². The summed E-state index contributed by atoms with van der Waals surface area (Å²) in [5, 5.41) is 11.6. The summed E-state index contributed by atoms with van der Waals surface area (Å²) in [6.45, 7) is 2.10. The van der Waals surface area contributed by atoms with Crippen LogP contribution in [0.25, 0.3) is 6.08 Å². The number of nitrogens with zero attached hydrogens (tertiary/aromatic N) is 1. The minimum atomic E-state index is -3.53. The number of aliphatic hydroxyl groups excluding tert-OH is 1. The molecule has 0 aromatic heterocycles. The normalized spacial score (nSPS) is 22.5. The zero-order valence-electron chi connectivity index (χ0n) is 11.9. The topological polar surface area (TPSA) is 57.6 Å². The third-order valence-corrected chi connectivity index (χ3v) is 5.52. The van der Waals surface area contributed by atoms with Crippen molar-refractivity contribution in [2.75, 3.05) is 6.54 Å². The van der Waals surface area contributed by atoms with Crippen molar-refractivity contribution < 1.29 is 13.5 Å². The average molecular weight is 330 g/mol. The summed E-state index contributed by atoms with van der Waals surface area (Å²) < 4.78 is 26.3. The third kappa shape index (κ3) is 4.30. The van der Waals surface area contributed by atoms with Crippen LogP contribution in [0.5, 0.6) is 0 Å². The van der Waals surface area contributed by atoms with Crippen LogP contribution in [0.3, 0.4) is 0 Å². The van der Waals surface area contributed by atoms with Gasteiger partial charge in [0.15, 0.2) is 0 Å². The van der Waals surface area contributed by atoms with Gasteiger partial charge < -0.3 is 5.11 Å². The Labute approximate surface area is 131 Å². The molecule has 6 heteroatoms. The van der Waals surface area contributed by atoms with E-state index in [4.69, 9.17) is 11.6 Å². The second kappa shape index (κ2) is 6.92. The van der Waals surface area contributed by atoms with Gasteiger partial charge in [0.25, 0.3) is 0 Å². The van der Waals surface area contributed by atoms with Crippen molar-refractivity contribution in [2.45, 2.75) is 38.3 Å². The minimum Gasteiger partial charge on any atom is -0.392 e. The van der Waals surface area contributed by atoms with E-state index in [9.17, 15) is 13.5 Å². The molecule has 1 aromatic carbocycles. The number of aliphatic hydroxyl groups is 1. The maximum absolute atomic E-state index is 12.4. The van der Waals surface area contributed by atoms with Crippen LogP contribution in [0, 0.1) is 0 Å². The molecule has 0 amide bonds. The monoisotopic (exact) mass is 329 g/mol. The smallest absolute Gasteiger partial charge is 0.236 e. The van der Waals surface area contributed by atoms with Gasteiger partial charge in [0.2, 0.25) is 10.0 Å². The highest BCUT2D eigenvalue weighted by Gasteiger charge is 2.33. The fourth-order valence-electron chi connectivity index (χ4n) is 2.55. The van der Waals surface area contributed by atoms with E-state index in [0.717, 1.165) is 18.4 Å². The van der Waals surface area contributed by atoms with E-state index < -0.39 is 16.1 Å². The zero-order chi connectivity index (χ0) is 15.5. The highest BCUT2D eigenvalue weighted by Crippen LogP contribution is 2.24. The molecule has 116 valence electrons. The molecule has 2 unspecified atom stereocenters. The average Bonchev–Trinajstić information content (AvgIpc) is 2.47. The van der Waals surface area contributed by atoms with Gasteiger partial charge in [-0.15, -0.1) is 0 Å². The first kappa shape index (κ1) is 16.5. The van der Waals surface area contributed by atoms with E-state index in [-0.39, 0.29) is 6.04 Å². The van der Waals surface area contributed by atoms with Gasteiger partial charge in [-0.2, -0.15) is 4.31 Å². The Morgan fingerprint density at radius 3 is 2.62 bits per heavy atom. The Bertz CT molecular complexity index is 596. The van der Waals surface area contributed by atoms with Gasteiger partial charge in [0.1, 0.15) is 0 Å². The van der Waals surface area contributed by atoms with E-state index in [1.54, 1.807) is 37.3 Å². The van der Waals surface area contributed by atoms with E-state index >= 15 is 0 Å². The Morgan fingerprint density at radius 2 is 2.00 bits per heavy atom. The SMILES string of the molecule is CC(O)C1CCCCN1S(=O)(=O)/C=C/c1ccc(Cl)cc1. The van der Waals surface area contributed by atoms with Gasteiger partial charge in [-0.05, 0) is 43.5 Å². The number of piperidine rings is 1. The molecule has 1 saturated heterocycles. The molecule has 2 atom stereocenters. The predicted octanol–water partition coefficient (Wildman–Crippen LogP) is 2.88. The lowest BCUT2D eigenvalue weighted by molar-refractivity contribution is 0.0838. The van der Waals surface area contributed by atoms with Crippen LogP contribution >= 0.6 is 11.6 Å². The summed E-state index contributed by atoms with van der Waals surface area (Å²) in [6, 6.07) is 6.62. The lowest BCUT2D eigenvalue weighted by Crippen LogP contribution is -2.48. The first-order valence-corrected chi connectivity index (χ1v) is 8.92. The number of sulfonamides is 1. The number of benzene rings is 1. The number of halogens is 1. The molecule has 21 heavy (non-hydrogen) atoms.